The van der Waals surface area contributed by atoms with E-state index < -0.39 is 13.6 Å². The molecule has 0 spiro atoms. The van der Waals surface area contributed by atoms with Gasteiger partial charge in [-0.05, 0) is 0 Å². The third-order valence-corrected chi connectivity index (χ3v) is 21.1. The Morgan fingerprint density at radius 1 is 0.480 bits per heavy atom. The first-order chi connectivity index (χ1) is 12.4. The number of hydrogen-bond donors (Lipinski definition) is 0. The monoisotopic (exact) mass is 401 g/mol. The Morgan fingerprint density at radius 3 is 1.20 bits per heavy atom. The molecule has 0 atom stereocenters. The molecule has 3 aliphatic carbocycles. The van der Waals surface area contributed by atoms with E-state index in [0.717, 1.165) is 14.1 Å². The summed E-state index contributed by atoms with van der Waals surface area (Å²) in [6, 6.07) is 12.2. The number of hydrogen-bond acceptors (Lipinski definition) is 0. The van der Waals surface area contributed by atoms with Crippen molar-refractivity contribution in [1.82, 2.24) is 0 Å². The van der Waals surface area contributed by atoms with Gasteiger partial charge >= 0.3 is 159 Å². The molecule has 0 aliphatic heterocycles. The van der Waals surface area contributed by atoms with E-state index in [1.54, 1.807) is 38.5 Å². The molecular weight excluding hydrogens is 363 g/mol. The van der Waals surface area contributed by atoms with Crippen molar-refractivity contribution in [3.63, 3.8) is 0 Å². The molecule has 1 aromatic carbocycles. The first-order valence-corrected chi connectivity index (χ1v) is 15.5. The van der Waals surface area contributed by atoms with Crippen LogP contribution >= 0.6 is 0 Å². The third kappa shape index (κ3) is 3.62. The third-order valence-electron chi connectivity index (χ3n) is 7.74. The second-order valence-corrected chi connectivity index (χ2v) is 18.2. The Labute approximate surface area is 158 Å². The zero-order chi connectivity index (χ0) is 17.0. The van der Waals surface area contributed by atoms with Crippen molar-refractivity contribution >= 4 is 17.9 Å². The van der Waals surface area contributed by atoms with E-state index in [4.69, 9.17) is 0 Å². The summed E-state index contributed by atoms with van der Waals surface area (Å²) in [5, 5.41) is 0. The van der Waals surface area contributed by atoms with Gasteiger partial charge < -0.3 is 0 Å². The van der Waals surface area contributed by atoms with Crippen LogP contribution in [0.3, 0.4) is 0 Å². The molecule has 0 bridgehead atoms. The summed E-state index contributed by atoms with van der Waals surface area (Å²) in [5.74, 6) is 0. The van der Waals surface area contributed by atoms with Gasteiger partial charge in [0.15, 0.2) is 0 Å². The van der Waals surface area contributed by atoms with Crippen LogP contribution in [0.1, 0.15) is 96.3 Å². The van der Waals surface area contributed by atoms with Crippen molar-refractivity contribution in [1.29, 1.82) is 0 Å². The van der Waals surface area contributed by atoms with Crippen LogP contribution in [0.2, 0.25) is 14.1 Å². The van der Waals surface area contributed by atoms with Gasteiger partial charge in [-0.2, -0.15) is 0 Å². The normalized spacial score (nSPS) is 25.1. The molecule has 138 valence electrons. The van der Waals surface area contributed by atoms with Crippen LogP contribution in [0.4, 0.5) is 0 Å². The molecule has 0 heterocycles. The fourth-order valence-corrected chi connectivity index (χ4v) is 22.3. The van der Waals surface area contributed by atoms with Crippen LogP contribution in [0.5, 0.6) is 0 Å². The van der Waals surface area contributed by atoms with E-state index in [1.165, 1.54) is 57.8 Å². The molecule has 0 unspecified atom stereocenters. The van der Waals surface area contributed by atoms with Crippen LogP contribution in [0, 0.1) is 0 Å². The van der Waals surface area contributed by atoms with Crippen LogP contribution in [-0.2, 0) is 0 Å². The van der Waals surface area contributed by atoms with E-state index in [-0.39, 0.29) is 0 Å². The quantitative estimate of drug-likeness (QED) is 0.463. The van der Waals surface area contributed by atoms with Gasteiger partial charge in [0.25, 0.3) is 0 Å². The Morgan fingerprint density at radius 2 is 0.840 bits per heavy atom. The second-order valence-electron chi connectivity index (χ2n) is 9.05. The van der Waals surface area contributed by atoms with E-state index in [0.29, 0.717) is 0 Å². The minimum absolute atomic E-state index is 1.13. The van der Waals surface area contributed by atoms with Gasteiger partial charge in [0.1, 0.15) is 0 Å². The van der Waals surface area contributed by atoms with Gasteiger partial charge in [0, 0.05) is 0 Å². The van der Waals surface area contributed by atoms with Crippen molar-refractivity contribution in [3.05, 3.63) is 30.3 Å². The summed E-state index contributed by atoms with van der Waals surface area (Å²) < 4.78 is 5.28. The van der Waals surface area contributed by atoms with Crippen LogP contribution < -0.4 is 4.35 Å². The minimum atomic E-state index is -1.94. The summed E-state index contributed by atoms with van der Waals surface area (Å²) in [5.41, 5.74) is 0. The van der Waals surface area contributed by atoms with Gasteiger partial charge in [0.05, 0.1) is 0 Å². The standard InChI is InChI=1S/C24H38As/c1-5-13-21(14-6-1)25(22-15-7-2-8-16-22,23-17-9-3-10-18-23)24-19-11-4-12-20-24/h1,5-6,13-14,22-24H,2-4,7-12,15-20H2/q+1. The average molecular weight is 401 g/mol. The van der Waals surface area contributed by atoms with Crippen molar-refractivity contribution in [2.75, 3.05) is 0 Å². The average Bonchev–Trinajstić information content (AvgIpc) is 2.72. The fourth-order valence-electron chi connectivity index (χ4n) is 6.74. The van der Waals surface area contributed by atoms with E-state index in [1.807, 2.05) is 4.35 Å². The van der Waals surface area contributed by atoms with E-state index in [2.05, 4.69) is 30.3 Å². The molecule has 3 fully saturated rings. The van der Waals surface area contributed by atoms with Gasteiger partial charge in [-0.25, -0.2) is 0 Å². The Kier molecular flexibility index (Phi) is 6.28. The molecule has 0 saturated heterocycles. The molecule has 3 aliphatic rings. The van der Waals surface area contributed by atoms with Crippen LogP contribution in [0.25, 0.3) is 0 Å². The van der Waals surface area contributed by atoms with Crippen LogP contribution in [-0.4, -0.2) is 13.6 Å². The molecule has 0 nitrogen and oxygen atoms in total. The maximum absolute atomic E-state index is 2.60. The summed E-state index contributed by atoms with van der Waals surface area (Å²) in [6.07, 6.45) is 23.2. The topological polar surface area (TPSA) is 0 Å². The summed E-state index contributed by atoms with van der Waals surface area (Å²) in [6.45, 7) is 0. The molecule has 0 aromatic heterocycles. The SMILES string of the molecule is c1ccc([As+](C2CCCCC2)(C2CCCCC2)C2CCCCC2)cc1. The molecule has 1 aromatic rings. The Bertz CT molecular complexity index is 459. The van der Waals surface area contributed by atoms with Crippen molar-refractivity contribution in [2.45, 2.75) is 110 Å². The first-order valence-electron chi connectivity index (χ1n) is 11.4. The molecule has 0 amide bonds. The van der Waals surface area contributed by atoms with Crippen molar-refractivity contribution in [3.8, 4) is 0 Å². The van der Waals surface area contributed by atoms with Crippen molar-refractivity contribution in [2.24, 2.45) is 0 Å². The predicted octanol–water partition coefficient (Wildman–Crippen LogP) is 7.35. The molecular formula is C24H38As+. The zero-order valence-corrected chi connectivity index (χ0v) is 18.0. The van der Waals surface area contributed by atoms with Crippen LogP contribution in [0.15, 0.2) is 30.3 Å². The zero-order valence-electron chi connectivity index (χ0n) is 16.2. The van der Waals surface area contributed by atoms with E-state index in [9.17, 15) is 0 Å². The fraction of sp³-hybridized carbons (Fsp3) is 0.750. The molecule has 4 rings (SSSR count). The van der Waals surface area contributed by atoms with Crippen molar-refractivity contribution < 1.29 is 0 Å². The number of rotatable bonds is 4. The summed E-state index contributed by atoms with van der Waals surface area (Å²) in [4.78, 5) is 0. The van der Waals surface area contributed by atoms with Gasteiger partial charge in [-0.15, -0.1) is 0 Å². The predicted molar refractivity (Wildman–Crippen MR) is 112 cm³/mol. The van der Waals surface area contributed by atoms with Gasteiger partial charge in [0.2, 0.25) is 0 Å². The Hall–Kier alpha value is -0.222. The molecule has 25 heavy (non-hydrogen) atoms. The number of benzene rings is 1. The van der Waals surface area contributed by atoms with Gasteiger partial charge in [-0.1, -0.05) is 0 Å². The van der Waals surface area contributed by atoms with Gasteiger partial charge in [-0.3, -0.25) is 0 Å². The molecule has 0 N–H and O–H groups in total. The molecule has 0 radical (unpaired) electrons. The first kappa shape index (κ1) is 18.2. The summed E-state index contributed by atoms with van der Waals surface area (Å²) >= 11 is -1.94. The van der Waals surface area contributed by atoms with E-state index >= 15 is 0 Å². The maximum atomic E-state index is 2.60. The Balaban J connectivity index is 1.79. The summed E-state index contributed by atoms with van der Waals surface area (Å²) in [7, 11) is 0. The molecule has 1 heteroatoms. The second kappa shape index (κ2) is 8.64. The molecule has 3 saturated carbocycles.